The van der Waals surface area contributed by atoms with Crippen LogP contribution in [0.1, 0.15) is 0 Å². The lowest BCUT2D eigenvalue weighted by Crippen LogP contribution is -2.19. The van der Waals surface area contributed by atoms with Gasteiger partial charge in [0.05, 0.1) is 0 Å². The second-order valence-electron chi connectivity index (χ2n) is 2.42. The van der Waals surface area contributed by atoms with Crippen LogP contribution in [-0.2, 0) is 4.79 Å². The number of carbonyl (C=O) groups excluding carboxylic acids is 2. The minimum Gasteiger partial charge on any atom is -0.328 e. The van der Waals surface area contributed by atoms with Crippen LogP contribution < -0.4 is 0 Å². The van der Waals surface area contributed by atoms with Crippen molar-refractivity contribution in [3.05, 3.63) is 0 Å². The number of urea groups is 1. The molecule has 0 aromatic rings. The molecule has 68 valence electrons. The number of azo groups is 1. The molecule has 6 heteroatoms. The van der Waals surface area contributed by atoms with E-state index in [4.69, 9.17) is 0 Å². The molecule has 0 aliphatic rings. The van der Waals surface area contributed by atoms with Gasteiger partial charge >= 0.3 is 6.03 Å². The van der Waals surface area contributed by atoms with Gasteiger partial charge in [0.1, 0.15) is 6.67 Å². The maximum atomic E-state index is 10.8. The van der Waals surface area contributed by atoms with E-state index in [0.717, 1.165) is 0 Å². The smallest absolute Gasteiger partial charge is 0.328 e. The molecule has 0 aromatic heterocycles. The average Bonchev–Trinajstić information content (AvgIpc) is 2.03. The Balaban J connectivity index is 3.76. The first-order valence-electron chi connectivity index (χ1n) is 3.32. The van der Waals surface area contributed by atoms with Gasteiger partial charge in [0, 0.05) is 21.1 Å². The first kappa shape index (κ1) is 10.5. The Morgan fingerprint density at radius 1 is 1.42 bits per heavy atom. The van der Waals surface area contributed by atoms with Crippen LogP contribution in [0.3, 0.4) is 0 Å². The zero-order valence-corrected chi connectivity index (χ0v) is 7.39. The lowest BCUT2D eigenvalue weighted by atomic mass is 10.8. The fourth-order valence-corrected chi connectivity index (χ4v) is 0.315. The van der Waals surface area contributed by atoms with Crippen LogP contribution in [0.15, 0.2) is 10.2 Å². The van der Waals surface area contributed by atoms with E-state index in [1.807, 2.05) is 0 Å². The number of hydrogen-bond donors (Lipinski definition) is 0. The van der Waals surface area contributed by atoms with Gasteiger partial charge in [-0.2, -0.15) is 5.11 Å². The van der Waals surface area contributed by atoms with Gasteiger partial charge in [-0.1, -0.05) is 5.11 Å². The molecule has 0 saturated carbocycles. The van der Waals surface area contributed by atoms with Gasteiger partial charge in [-0.25, -0.2) is 4.79 Å². The van der Waals surface area contributed by atoms with Crippen molar-refractivity contribution in [3.8, 4) is 0 Å². The number of nitrogens with zero attached hydrogens (tertiary/aromatic N) is 4. The first-order chi connectivity index (χ1) is 5.57. The third kappa shape index (κ3) is 4.37. The highest BCUT2D eigenvalue weighted by molar-refractivity contribution is 5.73. The predicted octanol–water partition coefficient (Wildman–Crippen LogP) is 0.166. The van der Waals surface area contributed by atoms with E-state index in [1.165, 1.54) is 9.80 Å². The van der Waals surface area contributed by atoms with E-state index in [2.05, 4.69) is 10.2 Å². The van der Waals surface area contributed by atoms with E-state index in [-0.39, 0.29) is 6.67 Å². The van der Waals surface area contributed by atoms with Gasteiger partial charge in [0.2, 0.25) is 6.41 Å². The Labute approximate surface area is 70.9 Å². The van der Waals surface area contributed by atoms with Gasteiger partial charge in [0.15, 0.2) is 0 Å². The minimum atomic E-state index is -0.436. The summed E-state index contributed by atoms with van der Waals surface area (Å²) in [5, 5.41) is 6.81. The molecular weight excluding hydrogens is 160 g/mol. The van der Waals surface area contributed by atoms with Crippen molar-refractivity contribution in [1.82, 2.24) is 9.80 Å². The Morgan fingerprint density at radius 2 is 2.00 bits per heavy atom. The molecule has 0 radical (unpaired) electrons. The quantitative estimate of drug-likeness (QED) is 0.449. The molecule has 0 heterocycles. The first-order valence-corrected chi connectivity index (χ1v) is 3.32. The molecule has 6 nitrogen and oxygen atoms in total. The molecule has 3 amide bonds. The van der Waals surface area contributed by atoms with Crippen molar-refractivity contribution in [2.45, 2.75) is 0 Å². The van der Waals surface area contributed by atoms with E-state index < -0.39 is 6.03 Å². The highest BCUT2D eigenvalue weighted by atomic mass is 16.2. The van der Waals surface area contributed by atoms with Crippen molar-refractivity contribution in [3.63, 3.8) is 0 Å². The van der Waals surface area contributed by atoms with Crippen LogP contribution in [0.4, 0.5) is 4.79 Å². The largest absolute Gasteiger partial charge is 0.361 e. The normalized spacial score (nSPS) is 9.92. The van der Waals surface area contributed by atoms with Crippen molar-refractivity contribution in [1.29, 1.82) is 0 Å². The lowest BCUT2D eigenvalue weighted by molar-refractivity contribution is -0.116. The maximum Gasteiger partial charge on any atom is 0.361 e. The standard InChI is InChI=1S/C6H12N4O2/c1-9(2)6(12)8-7-4-10(3)5-11/h5H,4H2,1-3H3. The van der Waals surface area contributed by atoms with Gasteiger partial charge < -0.3 is 9.80 Å². The zero-order valence-electron chi connectivity index (χ0n) is 7.39. The molecule has 0 rings (SSSR count). The molecule has 0 aliphatic carbocycles. The van der Waals surface area contributed by atoms with Gasteiger partial charge in [0.25, 0.3) is 0 Å². The van der Waals surface area contributed by atoms with Crippen LogP contribution in [0.25, 0.3) is 0 Å². The molecule has 0 N–H and O–H groups in total. The van der Waals surface area contributed by atoms with E-state index in [1.54, 1.807) is 21.1 Å². The molecule has 0 aromatic carbocycles. The SMILES string of the molecule is CN(C=O)CN=NC(=O)N(C)C. The number of amides is 3. The van der Waals surface area contributed by atoms with E-state index in [9.17, 15) is 9.59 Å². The van der Waals surface area contributed by atoms with Crippen LogP contribution in [0.2, 0.25) is 0 Å². The summed E-state index contributed by atoms with van der Waals surface area (Å²) in [6.45, 7) is 0.100. The lowest BCUT2D eigenvalue weighted by Gasteiger charge is -2.05. The Kier molecular flexibility index (Phi) is 4.59. The maximum absolute atomic E-state index is 10.8. The highest BCUT2D eigenvalue weighted by Crippen LogP contribution is 1.86. The number of rotatable bonds is 3. The van der Waals surface area contributed by atoms with Crippen LogP contribution in [0, 0.1) is 0 Å². The molecule has 0 fully saturated rings. The summed E-state index contributed by atoms with van der Waals surface area (Å²) >= 11 is 0. The summed E-state index contributed by atoms with van der Waals surface area (Å²) in [5.74, 6) is 0. The van der Waals surface area contributed by atoms with Crippen LogP contribution in [-0.4, -0.2) is 50.1 Å². The summed E-state index contributed by atoms with van der Waals surface area (Å²) in [6.07, 6.45) is 0.610. The highest BCUT2D eigenvalue weighted by Gasteiger charge is 1.98. The molecule has 0 aliphatic heterocycles. The molecule has 0 unspecified atom stereocenters. The van der Waals surface area contributed by atoms with E-state index >= 15 is 0 Å². The second kappa shape index (κ2) is 5.22. The fraction of sp³-hybridized carbons (Fsp3) is 0.667. The molecule has 12 heavy (non-hydrogen) atoms. The van der Waals surface area contributed by atoms with Crippen LogP contribution in [0.5, 0.6) is 0 Å². The van der Waals surface area contributed by atoms with Gasteiger partial charge in [-0.15, -0.1) is 0 Å². The van der Waals surface area contributed by atoms with Crippen molar-refractivity contribution in [2.24, 2.45) is 10.2 Å². The monoisotopic (exact) mass is 172 g/mol. The van der Waals surface area contributed by atoms with E-state index in [0.29, 0.717) is 6.41 Å². The second-order valence-corrected chi connectivity index (χ2v) is 2.42. The zero-order chi connectivity index (χ0) is 9.56. The minimum absolute atomic E-state index is 0.100. The molecule has 0 bridgehead atoms. The number of hydrogen-bond acceptors (Lipinski definition) is 3. The summed E-state index contributed by atoms with van der Waals surface area (Å²) in [5.41, 5.74) is 0. The van der Waals surface area contributed by atoms with Crippen molar-refractivity contribution >= 4 is 12.4 Å². The topological polar surface area (TPSA) is 65.3 Å². The predicted molar refractivity (Wildman–Crippen MR) is 42.6 cm³/mol. The Hall–Kier alpha value is -1.46. The third-order valence-corrected chi connectivity index (χ3v) is 1.01. The van der Waals surface area contributed by atoms with Gasteiger partial charge in [-0.3, -0.25) is 4.79 Å². The summed E-state index contributed by atoms with van der Waals surface area (Å²) in [6, 6.07) is -0.436. The fourth-order valence-electron chi connectivity index (χ4n) is 0.315. The average molecular weight is 172 g/mol. The summed E-state index contributed by atoms with van der Waals surface area (Å²) < 4.78 is 0. The molecule has 0 saturated heterocycles. The molecule has 0 atom stereocenters. The van der Waals surface area contributed by atoms with Crippen molar-refractivity contribution < 1.29 is 9.59 Å². The third-order valence-electron chi connectivity index (χ3n) is 1.01. The Morgan fingerprint density at radius 3 is 2.42 bits per heavy atom. The van der Waals surface area contributed by atoms with Crippen molar-refractivity contribution in [2.75, 3.05) is 27.8 Å². The number of carbonyl (C=O) groups is 2. The molecule has 0 spiro atoms. The molecular formula is C6H12N4O2. The summed E-state index contributed by atoms with van der Waals surface area (Å²) in [4.78, 5) is 23.4. The summed E-state index contributed by atoms with van der Waals surface area (Å²) in [7, 11) is 4.70. The van der Waals surface area contributed by atoms with Crippen LogP contribution >= 0.6 is 0 Å². The van der Waals surface area contributed by atoms with Gasteiger partial charge in [-0.05, 0) is 0 Å². The Bertz CT molecular complexity index is 190.